The molecule has 0 unspecified atom stereocenters. The fourth-order valence-electron chi connectivity index (χ4n) is 1.11. The molecular formula is C10H22N4O2S. The number of nitrogens with one attached hydrogen (secondary N) is 2. The van der Waals surface area contributed by atoms with E-state index < -0.39 is 15.6 Å². The first-order valence-electron chi connectivity index (χ1n) is 5.19. The molecule has 0 aliphatic rings. The number of aliphatic imine (C=N–C) groups is 1. The summed E-state index contributed by atoms with van der Waals surface area (Å²) in [6, 6.07) is 0. The van der Waals surface area contributed by atoms with Gasteiger partial charge in [-0.05, 0) is 20.8 Å². The zero-order valence-electron chi connectivity index (χ0n) is 10.9. The smallest absolute Gasteiger partial charge is 0.209 e. The van der Waals surface area contributed by atoms with Crippen molar-refractivity contribution in [2.24, 2.45) is 10.7 Å². The summed E-state index contributed by atoms with van der Waals surface area (Å²) in [5, 5.41) is 2.87. The topological polar surface area (TPSA) is 96.6 Å². The molecule has 100 valence electrons. The van der Waals surface area contributed by atoms with Gasteiger partial charge < -0.3 is 11.1 Å². The summed E-state index contributed by atoms with van der Waals surface area (Å²) in [5.74, 6) is 0.274. The molecule has 6 nitrogen and oxygen atoms in total. The highest BCUT2D eigenvalue weighted by Crippen LogP contribution is 2.03. The average molecular weight is 262 g/mol. The third-order valence-electron chi connectivity index (χ3n) is 1.68. The highest BCUT2D eigenvalue weighted by Gasteiger charge is 2.21. The minimum atomic E-state index is -3.25. The standard InChI is InChI=1S/C10H22N4O2S/c1-8(2)6-12-9(11)13-7-10(3,4)14-17(5,15)16/h14H,1,6-7H2,2-5H3,(H3,11,12,13). The van der Waals surface area contributed by atoms with Gasteiger partial charge in [0, 0.05) is 12.1 Å². The summed E-state index contributed by atoms with van der Waals surface area (Å²) < 4.78 is 24.7. The van der Waals surface area contributed by atoms with Gasteiger partial charge in [-0.1, -0.05) is 12.2 Å². The van der Waals surface area contributed by atoms with Crippen molar-refractivity contribution in [3.8, 4) is 0 Å². The van der Waals surface area contributed by atoms with E-state index in [9.17, 15) is 8.42 Å². The maximum Gasteiger partial charge on any atom is 0.209 e. The number of nitrogens with zero attached hydrogens (tertiary/aromatic N) is 1. The van der Waals surface area contributed by atoms with E-state index in [0.29, 0.717) is 6.54 Å². The maximum absolute atomic E-state index is 11.1. The minimum Gasteiger partial charge on any atom is -0.370 e. The Morgan fingerprint density at radius 3 is 2.41 bits per heavy atom. The highest BCUT2D eigenvalue weighted by molar-refractivity contribution is 7.88. The van der Waals surface area contributed by atoms with Gasteiger partial charge in [0.05, 0.1) is 12.8 Å². The summed E-state index contributed by atoms with van der Waals surface area (Å²) in [5.41, 5.74) is 5.89. The van der Waals surface area contributed by atoms with Crippen LogP contribution in [0.4, 0.5) is 0 Å². The van der Waals surface area contributed by atoms with Crippen molar-refractivity contribution in [2.75, 3.05) is 19.3 Å². The zero-order chi connectivity index (χ0) is 13.7. The number of nitrogens with two attached hydrogens (primary N) is 1. The van der Waals surface area contributed by atoms with Gasteiger partial charge >= 0.3 is 0 Å². The molecule has 0 amide bonds. The molecule has 0 saturated carbocycles. The van der Waals surface area contributed by atoms with Crippen molar-refractivity contribution in [1.29, 1.82) is 0 Å². The normalized spacial score (nSPS) is 13.5. The molecule has 17 heavy (non-hydrogen) atoms. The van der Waals surface area contributed by atoms with Gasteiger partial charge in [-0.25, -0.2) is 13.1 Å². The van der Waals surface area contributed by atoms with Crippen LogP contribution in [-0.2, 0) is 10.0 Å². The summed E-state index contributed by atoms with van der Waals surface area (Å²) in [7, 11) is -3.25. The van der Waals surface area contributed by atoms with Crippen molar-refractivity contribution in [3.63, 3.8) is 0 Å². The lowest BCUT2D eigenvalue weighted by atomic mass is 10.1. The molecule has 0 aliphatic carbocycles. The zero-order valence-corrected chi connectivity index (χ0v) is 11.7. The number of hydrogen-bond donors (Lipinski definition) is 3. The molecule has 7 heteroatoms. The van der Waals surface area contributed by atoms with Gasteiger partial charge in [-0.3, -0.25) is 4.99 Å². The Bertz CT molecular complexity index is 399. The van der Waals surface area contributed by atoms with E-state index in [1.165, 1.54) is 0 Å². The lowest BCUT2D eigenvalue weighted by molar-refractivity contribution is 0.465. The van der Waals surface area contributed by atoms with Crippen molar-refractivity contribution < 1.29 is 8.42 Å². The second-order valence-electron chi connectivity index (χ2n) is 4.77. The molecule has 4 N–H and O–H groups in total. The van der Waals surface area contributed by atoms with Crippen LogP contribution in [0.25, 0.3) is 0 Å². The van der Waals surface area contributed by atoms with E-state index in [4.69, 9.17) is 5.73 Å². The quantitative estimate of drug-likeness (QED) is 0.351. The van der Waals surface area contributed by atoms with Crippen LogP contribution in [0, 0.1) is 0 Å². The predicted molar refractivity (Wildman–Crippen MR) is 71.4 cm³/mol. The van der Waals surface area contributed by atoms with Crippen LogP contribution in [0.3, 0.4) is 0 Å². The molecule has 0 aromatic rings. The molecule has 0 aromatic heterocycles. The van der Waals surface area contributed by atoms with Crippen LogP contribution in [-0.4, -0.2) is 39.3 Å². The van der Waals surface area contributed by atoms with Crippen molar-refractivity contribution in [2.45, 2.75) is 26.3 Å². The SMILES string of the molecule is C=C(C)CNC(N)=NCC(C)(C)NS(C)(=O)=O. The molecule has 0 saturated heterocycles. The molecule has 0 aliphatic heterocycles. The van der Waals surface area contributed by atoms with Crippen molar-refractivity contribution in [1.82, 2.24) is 10.0 Å². The lowest BCUT2D eigenvalue weighted by Crippen LogP contribution is -2.46. The van der Waals surface area contributed by atoms with Gasteiger partial charge in [-0.2, -0.15) is 0 Å². The second-order valence-corrected chi connectivity index (χ2v) is 6.52. The molecule has 0 rings (SSSR count). The molecule has 0 aromatic carbocycles. The Morgan fingerprint density at radius 2 is 2.00 bits per heavy atom. The molecule has 0 fully saturated rings. The van der Waals surface area contributed by atoms with Gasteiger partial charge in [0.15, 0.2) is 5.96 Å². The number of hydrogen-bond acceptors (Lipinski definition) is 3. The summed E-state index contributed by atoms with van der Waals surface area (Å²) in [6.45, 7) is 9.88. The van der Waals surface area contributed by atoms with Gasteiger partial charge in [-0.15, -0.1) is 0 Å². The first-order chi connectivity index (χ1) is 7.52. The second kappa shape index (κ2) is 6.02. The fourth-order valence-corrected chi connectivity index (χ4v) is 2.18. The van der Waals surface area contributed by atoms with Gasteiger partial charge in [0.25, 0.3) is 0 Å². The van der Waals surface area contributed by atoms with Crippen LogP contribution >= 0.6 is 0 Å². The fraction of sp³-hybridized carbons (Fsp3) is 0.700. The van der Waals surface area contributed by atoms with Gasteiger partial charge in [0.2, 0.25) is 10.0 Å². The lowest BCUT2D eigenvalue weighted by Gasteiger charge is -2.22. The monoisotopic (exact) mass is 262 g/mol. The van der Waals surface area contributed by atoms with Crippen molar-refractivity contribution in [3.05, 3.63) is 12.2 Å². The number of rotatable bonds is 6. The number of sulfonamides is 1. The molecule has 0 atom stereocenters. The predicted octanol–water partition coefficient (Wildman–Crippen LogP) is -0.205. The van der Waals surface area contributed by atoms with E-state index in [2.05, 4.69) is 21.6 Å². The third kappa shape index (κ3) is 9.83. The summed E-state index contributed by atoms with van der Waals surface area (Å²) in [6.07, 6.45) is 1.11. The van der Waals surface area contributed by atoms with E-state index in [0.717, 1.165) is 11.8 Å². The van der Waals surface area contributed by atoms with Crippen LogP contribution in [0.5, 0.6) is 0 Å². The first-order valence-corrected chi connectivity index (χ1v) is 7.08. The molecular weight excluding hydrogens is 240 g/mol. The third-order valence-corrected chi connectivity index (χ3v) is 2.60. The van der Waals surface area contributed by atoms with Crippen molar-refractivity contribution >= 4 is 16.0 Å². The molecule has 0 bridgehead atoms. The average Bonchev–Trinajstić information content (AvgIpc) is 2.07. The minimum absolute atomic E-state index is 0.259. The van der Waals surface area contributed by atoms with E-state index in [-0.39, 0.29) is 12.5 Å². The molecule has 0 spiro atoms. The first kappa shape index (κ1) is 15.9. The Morgan fingerprint density at radius 1 is 1.47 bits per heavy atom. The van der Waals surface area contributed by atoms with Crippen LogP contribution in [0.1, 0.15) is 20.8 Å². The van der Waals surface area contributed by atoms with Crippen LogP contribution in [0.2, 0.25) is 0 Å². The summed E-state index contributed by atoms with van der Waals surface area (Å²) in [4.78, 5) is 4.07. The van der Waals surface area contributed by atoms with E-state index in [1.807, 2.05) is 6.92 Å². The Hall–Kier alpha value is -1.08. The van der Waals surface area contributed by atoms with Gasteiger partial charge in [0.1, 0.15) is 0 Å². The highest BCUT2D eigenvalue weighted by atomic mass is 32.2. The number of guanidine groups is 1. The summed E-state index contributed by atoms with van der Waals surface area (Å²) >= 11 is 0. The maximum atomic E-state index is 11.1. The van der Waals surface area contributed by atoms with Crippen LogP contribution < -0.4 is 15.8 Å². The Kier molecular flexibility index (Phi) is 5.63. The largest absolute Gasteiger partial charge is 0.370 e. The Balaban J connectivity index is 4.33. The molecule has 0 radical (unpaired) electrons. The molecule has 0 heterocycles. The van der Waals surface area contributed by atoms with Crippen LogP contribution in [0.15, 0.2) is 17.1 Å². The Labute approximate surface area is 103 Å². The van der Waals surface area contributed by atoms with E-state index in [1.54, 1.807) is 13.8 Å². The van der Waals surface area contributed by atoms with E-state index >= 15 is 0 Å².